The van der Waals surface area contributed by atoms with Gasteiger partial charge in [0.1, 0.15) is 0 Å². The van der Waals surface area contributed by atoms with Crippen LogP contribution >= 0.6 is 0 Å². The van der Waals surface area contributed by atoms with E-state index in [4.69, 9.17) is 4.74 Å². The van der Waals surface area contributed by atoms with Gasteiger partial charge < -0.3 is 10.1 Å². The lowest BCUT2D eigenvalue weighted by molar-refractivity contribution is 0.0297. The van der Waals surface area contributed by atoms with Crippen molar-refractivity contribution in [1.29, 1.82) is 0 Å². The minimum absolute atomic E-state index is 0.537. The Morgan fingerprint density at radius 1 is 1.23 bits per heavy atom. The van der Waals surface area contributed by atoms with Crippen molar-refractivity contribution in [2.24, 2.45) is 0 Å². The second-order valence-electron chi connectivity index (χ2n) is 4.25. The molecule has 1 aliphatic rings. The van der Waals surface area contributed by atoms with Crippen LogP contribution in [0.25, 0.3) is 0 Å². The summed E-state index contributed by atoms with van der Waals surface area (Å²) in [6.07, 6.45) is 5.57. The zero-order chi connectivity index (χ0) is 9.68. The lowest BCUT2D eigenvalue weighted by Gasteiger charge is -2.30. The molecule has 0 amide bonds. The summed E-state index contributed by atoms with van der Waals surface area (Å²) in [5.74, 6) is 0. The minimum atomic E-state index is 0.537. The maximum atomic E-state index is 5.61. The summed E-state index contributed by atoms with van der Waals surface area (Å²) in [5.41, 5.74) is 0. The lowest BCUT2D eigenvalue weighted by Crippen LogP contribution is -2.39. The molecule has 2 heteroatoms. The van der Waals surface area contributed by atoms with Crippen LogP contribution in [0.4, 0.5) is 0 Å². The highest BCUT2D eigenvalue weighted by atomic mass is 16.5. The highest BCUT2D eigenvalue weighted by Crippen LogP contribution is 2.21. The first kappa shape index (κ1) is 11.0. The molecule has 13 heavy (non-hydrogen) atoms. The van der Waals surface area contributed by atoms with Gasteiger partial charge in [0, 0.05) is 18.7 Å². The Bertz CT molecular complexity index is 128. The molecule has 1 saturated carbocycles. The maximum absolute atomic E-state index is 5.61. The topological polar surface area (TPSA) is 21.3 Å². The molecule has 1 aliphatic carbocycles. The van der Waals surface area contributed by atoms with Gasteiger partial charge in [-0.1, -0.05) is 13.8 Å². The van der Waals surface area contributed by atoms with Crippen LogP contribution in [0.15, 0.2) is 0 Å². The third-order valence-corrected chi connectivity index (χ3v) is 2.65. The van der Waals surface area contributed by atoms with Gasteiger partial charge in [0.05, 0.1) is 6.10 Å². The zero-order valence-corrected chi connectivity index (χ0v) is 9.18. The molecule has 0 bridgehead atoms. The van der Waals surface area contributed by atoms with Gasteiger partial charge >= 0.3 is 0 Å². The first-order valence-corrected chi connectivity index (χ1v) is 5.60. The number of ether oxygens (including phenoxy) is 1. The Kier molecular flexibility index (Phi) is 4.74. The molecule has 1 fully saturated rings. The quantitative estimate of drug-likeness (QED) is 0.726. The van der Waals surface area contributed by atoms with Gasteiger partial charge in [-0.15, -0.1) is 0 Å². The maximum Gasteiger partial charge on any atom is 0.0576 e. The van der Waals surface area contributed by atoms with Gasteiger partial charge in [0.25, 0.3) is 0 Å². The monoisotopic (exact) mass is 185 g/mol. The normalized spacial score (nSPS) is 29.5. The lowest BCUT2D eigenvalue weighted by atomic mass is 9.92. The molecular formula is C11H23NO. The van der Waals surface area contributed by atoms with Gasteiger partial charge in [-0.2, -0.15) is 0 Å². The number of hydrogen-bond donors (Lipinski definition) is 1. The van der Waals surface area contributed by atoms with Crippen LogP contribution < -0.4 is 5.32 Å². The average Bonchev–Trinajstić information content (AvgIpc) is 2.08. The largest absolute Gasteiger partial charge is 0.379 e. The summed E-state index contributed by atoms with van der Waals surface area (Å²) in [4.78, 5) is 0. The van der Waals surface area contributed by atoms with Crippen LogP contribution in [-0.4, -0.2) is 24.8 Å². The molecule has 1 N–H and O–H groups in total. The molecule has 78 valence electrons. The van der Waals surface area contributed by atoms with Crippen LogP contribution in [0.3, 0.4) is 0 Å². The molecular weight excluding hydrogens is 162 g/mol. The van der Waals surface area contributed by atoms with Gasteiger partial charge in [-0.05, 0) is 32.6 Å². The van der Waals surface area contributed by atoms with E-state index >= 15 is 0 Å². The van der Waals surface area contributed by atoms with E-state index in [0.29, 0.717) is 12.1 Å². The summed E-state index contributed by atoms with van der Waals surface area (Å²) < 4.78 is 5.61. The fourth-order valence-electron chi connectivity index (χ4n) is 2.10. The molecule has 0 heterocycles. The zero-order valence-electron chi connectivity index (χ0n) is 9.18. The SMILES string of the molecule is CCO[C@H]1CC[C@H](NC(C)C)CC1. The first-order valence-electron chi connectivity index (χ1n) is 5.60. The van der Waals surface area contributed by atoms with Crippen molar-refractivity contribution in [3.8, 4) is 0 Å². The second-order valence-corrected chi connectivity index (χ2v) is 4.25. The minimum Gasteiger partial charge on any atom is -0.379 e. The van der Waals surface area contributed by atoms with E-state index < -0.39 is 0 Å². The molecule has 0 saturated heterocycles. The average molecular weight is 185 g/mol. The fraction of sp³-hybridized carbons (Fsp3) is 1.00. The summed E-state index contributed by atoms with van der Waals surface area (Å²) in [5, 5.41) is 3.59. The van der Waals surface area contributed by atoms with Gasteiger partial charge in [0.2, 0.25) is 0 Å². The number of nitrogens with one attached hydrogen (secondary N) is 1. The Hall–Kier alpha value is -0.0800. The molecule has 0 unspecified atom stereocenters. The smallest absolute Gasteiger partial charge is 0.0576 e. The van der Waals surface area contributed by atoms with E-state index in [2.05, 4.69) is 26.1 Å². The van der Waals surface area contributed by atoms with Crippen LogP contribution in [0.2, 0.25) is 0 Å². The van der Waals surface area contributed by atoms with Crippen LogP contribution in [0.5, 0.6) is 0 Å². The highest BCUT2D eigenvalue weighted by Gasteiger charge is 2.21. The van der Waals surface area contributed by atoms with E-state index in [-0.39, 0.29) is 0 Å². The van der Waals surface area contributed by atoms with E-state index in [9.17, 15) is 0 Å². The van der Waals surface area contributed by atoms with Gasteiger partial charge in [-0.25, -0.2) is 0 Å². The first-order chi connectivity index (χ1) is 6.22. The molecule has 0 aliphatic heterocycles. The van der Waals surface area contributed by atoms with Crippen molar-refractivity contribution in [3.63, 3.8) is 0 Å². The summed E-state index contributed by atoms with van der Waals surface area (Å²) >= 11 is 0. The molecule has 0 radical (unpaired) electrons. The molecule has 2 nitrogen and oxygen atoms in total. The predicted octanol–water partition coefficient (Wildman–Crippen LogP) is 2.33. The molecule has 1 rings (SSSR count). The van der Waals surface area contributed by atoms with Crippen molar-refractivity contribution in [3.05, 3.63) is 0 Å². The Labute approximate surface area is 82.0 Å². The van der Waals surface area contributed by atoms with Crippen molar-refractivity contribution in [2.75, 3.05) is 6.61 Å². The summed E-state index contributed by atoms with van der Waals surface area (Å²) in [6, 6.07) is 1.35. The van der Waals surface area contributed by atoms with Crippen molar-refractivity contribution in [1.82, 2.24) is 5.32 Å². The van der Waals surface area contributed by atoms with E-state index in [1.807, 2.05) is 0 Å². The van der Waals surface area contributed by atoms with Crippen molar-refractivity contribution in [2.45, 2.75) is 64.6 Å². The third kappa shape index (κ3) is 4.10. The van der Waals surface area contributed by atoms with Crippen molar-refractivity contribution < 1.29 is 4.74 Å². The van der Waals surface area contributed by atoms with Crippen molar-refractivity contribution >= 4 is 0 Å². The Morgan fingerprint density at radius 3 is 2.31 bits per heavy atom. The number of hydrogen-bond acceptors (Lipinski definition) is 2. The predicted molar refractivity (Wildman–Crippen MR) is 55.9 cm³/mol. The molecule has 0 aromatic heterocycles. The number of rotatable bonds is 4. The fourth-order valence-corrected chi connectivity index (χ4v) is 2.10. The summed E-state index contributed by atoms with van der Waals surface area (Å²) in [6.45, 7) is 7.38. The Morgan fingerprint density at radius 2 is 1.85 bits per heavy atom. The van der Waals surface area contributed by atoms with Crippen LogP contribution in [0.1, 0.15) is 46.5 Å². The molecule has 0 atom stereocenters. The van der Waals surface area contributed by atoms with Crippen LogP contribution in [-0.2, 0) is 4.74 Å². The van der Waals surface area contributed by atoms with E-state index in [1.54, 1.807) is 0 Å². The molecule has 0 aromatic carbocycles. The highest BCUT2D eigenvalue weighted by molar-refractivity contribution is 4.78. The molecule has 0 spiro atoms. The third-order valence-electron chi connectivity index (χ3n) is 2.65. The van der Waals surface area contributed by atoms with Crippen LogP contribution in [0, 0.1) is 0 Å². The Balaban J connectivity index is 2.15. The second kappa shape index (κ2) is 5.61. The standard InChI is InChI=1S/C11H23NO/c1-4-13-11-7-5-10(6-8-11)12-9(2)3/h9-12H,4-8H2,1-3H3/t10-,11-. The van der Waals surface area contributed by atoms with E-state index in [0.717, 1.165) is 12.6 Å². The summed E-state index contributed by atoms with van der Waals surface area (Å²) in [7, 11) is 0. The molecule has 0 aromatic rings. The van der Waals surface area contributed by atoms with E-state index in [1.165, 1.54) is 25.7 Å². The van der Waals surface area contributed by atoms with Gasteiger partial charge in [-0.3, -0.25) is 0 Å². The van der Waals surface area contributed by atoms with Gasteiger partial charge in [0.15, 0.2) is 0 Å².